The molecule has 2 aromatic rings. The Kier molecular flexibility index (Phi) is 4.50. The summed E-state index contributed by atoms with van der Waals surface area (Å²) in [5.74, 6) is 1.62. The summed E-state index contributed by atoms with van der Waals surface area (Å²) in [4.78, 5) is 12.5. The predicted molar refractivity (Wildman–Crippen MR) is 103 cm³/mol. The van der Waals surface area contributed by atoms with Crippen LogP contribution in [0.5, 0.6) is 11.5 Å². The monoisotopic (exact) mass is 354 g/mol. The van der Waals surface area contributed by atoms with Gasteiger partial charge in [-0.25, -0.2) is 0 Å². The molecule has 3 rings (SSSR count). The topological polar surface area (TPSA) is 35.5 Å². The Labute approximate surface area is 151 Å². The third-order valence-electron chi connectivity index (χ3n) is 5.26. The van der Waals surface area contributed by atoms with Gasteiger partial charge in [-0.2, -0.15) is 0 Å². The Balaban J connectivity index is 1.94. The lowest BCUT2D eigenvalue weighted by Crippen LogP contribution is -2.44. The van der Waals surface area contributed by atoms with Crippen molar-refractivity contribution in [1.82, 2.24) is 0 Å². The zero-order valence-corrected chi connectivity index (χ0v) is 16.6. The van der Waals surface area contributed by atoms with Crippen LogP contribution in [-0.2, 0) is 0 Å². The second kappa shape index (κ2) is 6.34. The molecule has 1 atom stereocenters. The smallest absolute Gasteiger partial charge is 0.250 e. The van der Waals surface area contributed by atoms with Gasteiger partial charge in [-0.05, 0) is 36.3 Å². The normalized spacial score (nSPS) is 17.6. The van der Waals surface area contributed by atoms with Crippen molar-refractivity contribution >= 4 is 14.1 Å². The van der Waals surface area contributed by atoms with Crippen molar-refractivity contribution in [2.24, 2.45) is 0 Å². The fourth-order valence-electron chi connectivity index (χ4n) is 2.71. The van der Waals surface area contributed by atoms with Crippen molar-refractivity contribution < 1.29 is 14.0 Å². The highest BCUT2D eigenvalue weighted by Gasteiger charge is 2.40. The van der Waals surface area contributed by atoms with Gasteiger partial charge in [-0.3, -0.25) is 4.79 Å². The Morgan fingerprint density at radius 3 is 2.40 bits per heavy atom. The van der Waals surface area contributed by atoms with Gasteiger partial charge in [0.05, 0.1) is 12.0 Å². The second-order valence-corrected chi connectivity index (χ2v) is 12.9. The lowest BCUT2D eigenvalue weighted by molar-refractivity contribution is 0.0848. The van der Waals surface area contributed by atoms with Gasteiger partial charge in [0.1, 0.15) is 17.6 Å². The number of ketones is 1. The molecule has 2 aromatic carbocycles. The van der Waals surface area contributed by atoms with E-state index in [2.05, 4.69) is 33.9 Å². The third-order valence-corrected chi connectivity index (χ3v) is 9.61. The molecule has 1 aliphatic rings. The maximum absolute atomic E-state index is 12.5. The number of benzene rings is 2. The van der Waals surface area contributed by atoms with Crippen LogP contribution in [0.25, 0.3) is 0 Å². The maximum Gasteiger partial charge on any atom is 0.250 e. The maximum atomic E-state index is 12.5. The molecular weight excluding hydrogens is 328 g/mol. The number of carbonyl (C=O) groups is 1. The molecular formula is C21H26O3Si. The van der Waals surface area contributed by atoms with E-state index in [0.717, 1.165) is 11.3 Å². The zero-order chi connectivity index (χ0) is 18.2. The van der Waals surface area contributed by atoms with Gasteiger partial charge in [0.25, 0.3) is 0 Å². The lowest BCUT2D eigenvalue weighted by atomic mass is 9.96. The number of ether oxygens (including phenoxy) is 1. The van der Waals surface area contributed by atoms with E-state index < -0.39 is 8.32 Å². The third kappa shape index (κ3) is 3.49. The summed E-state index contributed by atoms with van der Waals surface area (Å²) in [6, 6.07) is 15.4. The van der Waals surface area contributed by atoms with Gasteiger partial charge in [-0.15, -0.1) is 0 Å². The molecule has 0 radical (unpaired) electrons. The van der Waals surface area contributed by atoms with Crippen molar-refractivity contribution in [3.8, 4) is 11.5 Å². The standard InChI is InChI=1S/C21H26O3Si/c1-21(2,3)25(4,5)24-19-13-9-7-11-16(19)20-14-17(22)15-10-6-8-12-18(15)23-20/h6-13,20H,14H2,1-5H3. The first kappa shape index (κ1) is 17.7. The Morgan fingerprint density at radius 1 is 1.04 bits per heavy atom. The molecule has 1 heterocycles. The average Bonchev–Trinajstić information content (AvgIpc) is 2.54. The van der Waals surface area contributed by atoms with Crippen LogP contribution < -0.4 is 9.16 Å². The molecule has 1 aliphatic heterocycles. The van der Waals surface area contributed by atoms with Gasteiger partial charge in [0.15, 0.2) is 5.78 Å². The van der Waals surface area contributed by atoms with Crippen LogP contribution in [0.15, 0.2) is 48.5 Å². The first-order valence-corrected chi connectivity index (χ1v) is 11.7. The summed E-state index contributed by atoms with van der Waals surface area (Å²) in [5.41, 5.74) is 1.62. The fourth-order valence-corrected chi connectivity index (χ4v) is 3.76. The average molecular weight is 355 g/mol. The first-order valence-electron chi connectivity index (χ1n) is 8.76. The van der Waals surface area contributed by atoms with E-state index in [1.165, 1.54) is 0 Å². The van der Waals surface area contributed by atoms with E-state index in [1.807, 2.05) is 48.5 Å². The highest BCUT2D eigenvalue weighted by Crippen LogP contribution is 2.42. The largest absolute Gasteiger partial charge is 0.543 e. The molecule has 0 saturated heterocycles. The van der Waals surface area contributed by atoms with Gasteiger partial charge in [0, 0.05) is 5.56 Å². The number of hydrogen-bond acceptors (Lipinski definition) is 3. The summed E-state index contributed by atoms with van der Waals surface area (Å²) >= 11 is 0. The number of carbonyl (C=O) groups excluding carboxylic acids is 1. The van der Waals surface area contributed by atoms with Crippen LogP contribution in [0.4, 0.5) is 0 Å². The molecule has 0 N–H and O–H groups in total. The number of fused-ring (bicyclic) bond motifs is 1. The molecule has 0 fully saturated rings. The van der Waals surface area contributed by atoms with E-state index in [-0.39, 0.29) is 16.9 Å². The lowest BCUT2D eigenvalue weighted by Gasteiger charge is -2.37. The molecule has 0 amide bonds. The van der Waals surface area contributed by atoms with Crippen LogP contribution in [0.2, 0.25) is 18.1 Å². The predicted octanol–water partition coefficient (Wildman–Crippen LogP) is 5.78. The molecule has 1 unspecified atom stereocenters. The Hall–Kier alpha value is -2.07. The summed E-state index contributed by atoms with van der Waals surface area (Å²) in [6.07, 6.45) is 0.0397. The molecule has 0 aliphatic carbocycles. The summed E-state index contributed by atoms with van der Waals surface area (Å²) in [7, 11) is -1.97. The molecule has 3 nitrogen and oxygen atoms in total. The van der Waals surface area contributed by atoms with Crippen molar-refractivity contribution in [3.63, 3.8) is 0 Å². The quantitative estimate of drug-likeness (QED) is 0.656. The fraction of sp³-hybridized carbons (Fsp3) is 0.381. The number of para-hydroxylation sites is 2. The summed E-state index contributed by atoms with van der Waals surface area (Å²) < 4.78 is 12.7. The SMILES string of the molecule is CC(C)(C)[Si](C)(C)Oc1ccccc1C1CC(=O)c2ccccc2O1. The Morgan fingerprint density at radius 2 is 1.68 bits per heavy atom. The van der Waals surface area contributed by atoms with Crippen molar-refractivity contribution in [2.75, 3.05) is 0 Å². The van der Waals surface area contributed by atoms with Crippen molar-refractivity contribution in [1.29, 1.82) is 0 Å². The minimum Gasteiger partial charge on any atom is -0.543 e. The zero-order valence-electron chi connectivity index (χ0n) is 15.6. The second-order valence-electron chi connectivity index (χ2n) is 8.13. The van der Waals surface area contributed by atoms with E-state index in [9.17, 15) is 4.79 Å². The molecule has 0 spiro atoms. The highest BCUT2D eigenvalue weighted by molar-refractivity contribution is 6.74. The number of rotatable bonds is 3. The van der Waals surface area contributed by atoms with Gasteiger partial charge < -0.3 is 9.16 Å². The van der Waals surface area contributed by atoms with Crippen molar-refractivity contribution in [3.05, 3.63) is 59.7 Å². The van der Waals surface area contributed by atoms with E-state index >= 15 is 0 Å². The van der Waals surface area contributed by atoms with Crippen LogP contribution in [0, 0.1) is 0 Å². The van der Waals surface area contributed by atoms with Crippen LogP contribution in [-0.4, -0.2) is 14.1 Å². The van der Waals surface area contributed by atoms with Crippen LogP contribution in [0.3, 0.4) is 0 Å². The molecule has 132 valence electrons. The van der Waals surface area contributed by atoms with Gasteiger partial charge in [-0.1, -0.05) is 51.1 Å². The first-order chi connectivity index (χ1) is 11.7. The van der Waals surface area contributed by atoms with E-state index in [0.29, 0.717) is 17.7 Å². The van der Waals surface area contributed by atoms with Crippen LogP contribution in [0.1, 0.15) is 49.2 Å². The summed E-state index contributed by atoms with van der Waals surface area (Å²) in [5, 5.41) is 0.107. The number of hydrogen-bond donors (Lipinski definition) is 0. The summed E-state index contributed by atoms with van der Waals surface area (Å²) in [6.45, 7) is 11.1. The van der Waals surface area contributed by atoms with E-state index in [4.69, 9.17) is 9.16 Å². The molecule has 0 aromatic heterocycles. The molecule has 25 heavy (non-hydrogen) atoms. The minimum absolute atomic E-state index is 0.107. The molecule has 4 heteroatoms. The van der Waals surface area contributed by atoms with Crippen LogP contribution >= 0.6 is 0 Å². The van der Waals surface area contributed by atoms with Crippen molar-refractivity contribution in [2.45, 2.75) is 51.4 Å². The molecule has 0 saturated carbocycles. The molecule has 0 bridgehead atoms. The number of Topliss-reactive ketones (excluding diaryl/α,β-unsaturated/α-hetero) is 1. The Bertz CT molecular complexity index is 790. The highest BCUT2D eigenvalue weighted by atomic mass is 28.4. The van der Waals surface area contributed by atoms with Gasteiger partial charge in [0.2, 0.25) is 8.32 Å². The van der Waals surface area contributed by atoms with Gasteiger partial charge >= 0.3 is 0 Å². The minimum atomic E-state index is -1.97. The van der Waals surface area contributed by atoms with E-state index in [1.54, 1.807) is 0 Å².